The third-order valence-corrected chi connectivity index (χ3v) is 3.04. The van der Waals surface area contributed by atoms with Crippen LogP contribution in [0.15, 0.2) is 18.2 Å². The second-order valence-electron chi connectivity index (χ2n) is 4.62. The zero-order valence-electron chi connectivity index (χ0n) is 10.6. The fourth-order valence-electron chi connectivity index (χ4n) is 2.06. The molecule has 2 N–H and O–H groups in total. The van der Waals surface area contributed by atoms with Crippen LogP contribution in [-0.4, -0.2) is 23.7 Å². The molecule has 98 valence electrons. The van der Waals surface area contributed by atoms with Gasteiger partial charge < -0.3 is 15.2 Å². The van der Waals surface area contributed by atoms with E-state index < -0.39 is 6.10 Å². The predicted molar refractivity (Wildman–Crippen MR) is 69.8 cm³/mol. The molecule has 0 radical (unpaired) electrons. The summed E-state index contributed by atoms with van der Waals surface area (Å²) in [6, 6.07) is 5.62. The fraction of sp³-hybridized carbons (Fsp3) is 0.500. The monoisotopic (exact) mass is 249 g/mol. The van der Waals surface area contributed by atoms with Crippen molar-refractivity contribution in [3.8, 4) is 5.75 Å². The van der Waals surface area contributed by atoms with Crippen molar-refractivity contribution in [2.24, 2.45) is 0 Å². The van der Waals surface area contributed by atoms with Crippen LogP contribution in [0.3, 0.4) is 0 Å². The van der Waals surface area contributed by atoms with Crippen LogP contribution in [0.2, 0.25) is 0 Å². The van der Waals surface area contributed by atoms with Gasteiger partial charge in [-0.05, 0) is 36.6 Å². The van der Waals surface area contributed by atoms with Crippen molar-refractivity contribution >= 4 is 11.6 Å². The normalized spacial score (nSPS) is 15.8. The van der Waals surface area contributed by atoms with Gasteiger partial charge in [-0.1, -0.05) is 13.3 Å². The molecule has 1 aromatic rings. The number of anilines is 1. The first-order chi connectivity index (χ1) is 8.69. The van der Waals surface area contributed by atoms with E-state index >= 15 is 0 Å². The van der Waals surface area contributed by atoms with E-state index in [1.807, 2.05) is 25.1 Å². The summed E-state index contributed by atoms with van der Waals surface area (Å²) in [5.41, 5.74) is 1.96. The van der Waals surface area contributed by atoms with Crippen LogP contribution in [0.25, 0.3) is 0 Å². The molecular formula is C14H19NO3. The number of aliphatic hydroxyl groups excluding tert-OH is 1. The Balaban J connectivity index is 1.97. The van der Waals surface area contributed by atoms with Gasteiger partial charge in [0.1, 0.15) is 12.4 Å². The summed E-state index contributed by atoms with van der Waals surface area (Å²) in [6.45, 7) is 2.35. The summed E-state index contributed by atoms with van der Waals surface area (Å²) in [4.78, 5) is 11.2. The predicted octanol–water partition coefficient (Wildman–Crippen LogP) is 2.11. The lowest BCUT2D eigenvalue weighted by Crippen LogP contribution is -2.19. The molecule has 0 aliphatic carbocycles. The number of carbonyl (C=O) groups excluding carboxylic acids is 1. The van der Waals surface area contributed by atoms with Gasteiger partial charge in [0.05, 0.1) is 6.10 Å². The second-order valence-corrected chi connectivity index (χ2v) is 4.62. The van der Waals surface area contributed by atoms with E-state index in [0.29, 0.717) is 13.0 Å². The van der Waals surface area contributed by atoms with Crippen LogP contribution in [0.1, 0.15) is 31.7 Å². The van der Waals surface area contributed by atoms with Gasteiger partial charge in [-0.2, -0.15) is 0 Å². The number of rotatable bonds is 5. The topological polar surface area (TPSA) is 58.6 Å². The molecule has 0 saturated carbocycles. The maximum Gasteiger partial charge on any atom is 0.224 e. The van der Waals surface area contributed by atoms with Gasteiger partial charge in [-0.25, -0.2) is 0 Å². The molecule has 1 amide bonds. The van der Waals surface area contributed by atoms with Crippen molar-refractivity contribution in [3.05, 3.63) is 23.8 Å². The lowest BCUT2D eigenvalue weighted by molar-refractivity contribution is -0.116. The molecule has 4 heteroatoms. The number of nitrogens with one attached hydrogen (secondary N) is 1. The van der Waals surface area contributed by atoms with Gasteiger partial charge in [0.2, 0.25) is 5.91 Å². The maximum absolute atomic E-state index is 11.2. The van der Waals surface area contributed by atoms with Gasteiger partial charge in [0, 0.05) is 12.1 Å². The minimum Gasteiger partial charge on any atom is -0.491 e. The van der Waals surface area contributed by atoms with Crippen LogP contribution >= 0.6 is 0 Å². The number of aliphatic hydroxyl groups is 1. The molecule has 4 nitrogen and oxygen atoms in total. The highest BCUT2D eigenvalue weighted by Crippen LogP contribution is 2.26. The quantitative estimate of drug-likeness (QED) is 0.840. The number of ether oxygens (including phenoxy) is 1. The van der Waals surface area contributed by atoms with E-state index in [0.717, 1.165) is 36.3 Å². The Morgan fingerprint density at radius 1 is 1.44 bits per heavy atom. The summed E-state index contributed by atoms with van der Waals surface area (Å²) in [6.07, 6.45) is 2.55. The van der Waals surface area contributed by atoms with Gasteiger partial charge in [0.25, 0.3) is 0 Å². The van der Waals surface area contributed by atoms with Crippen molar-refractivity contribution in [1.82, 2.24) is 0 Å². The molecule has 0 saturated heterocycles. The third-order valence-electron chi connectivity index (χ3n) is 3.04. The van der Waals surface area contributed by atoms with Crippen LogP contribution in [0.4, 0.5) is 5.69 Å². The molecular weight excluding hydrogens is 230 g/mol. The van der Waals surface area contributed by atoms with Crippen LogP contribution in [0, 0.1) is 0 Å². The average Bonchev–Trinajstić information content (AvgIpc) is 2.36. The molecule has 1 unspecified atom stereocenters. The van der Waals surface area contributed by atoms with Gasteiger partial charge in [0.15, 0.2) is 0 Å². The Kier molecular flexibility index (Phi) is 4.20. The van der Waals surface area contributed by atoms with E-state index in [1.165, 1.54) is 0 Å². The number of benzene rings is 1. The molecule has 0 fully saturated rings. The summed E-state index contributed by atoms with van der Waals surface area (Å²) in [7, 11) is 0. The van der Waals surface area contributed by atoms with E-state index in [2.05, 4.69) is 5.32 Å². The van der Waals surface area contributed by atoms with E-state index in [4.69, 9.17) is 4.74 Å². The minimum absolute atomic E-state index is 0.0644. The smallest absolute Gasteiger partial charge is 0.224 e. The van der Waals surface area contributed by atoms with Crippen molar-refractivity contribution in [1.29, 1.82) is 0 Å². The Hall–Kier alpha value is -1.55. The molecule has 0 aromatic heterocycles. The first kappa shape index (κ1) is 12.9. The molecule has 1 aromatic carbocycles. The summed E-state index contributed by atoms with van der Waals surface area (Å²) >= 11 is 0. The highest BCUT2D eigenvalue weighted by molar-refractivity contribution is 5.93. The molecule has 0 bridgehead atoms. The molecule has 0 spiro atoms. The first-order valence-corrected chi connectivity index (χ1v) is 6.42. The van der Waals surface area contributed by atoms with Crippen LogP contribution in [0.5, 0.6) is 5.75 Å². The highest BCUT2D eigenvalue weighted by Gasteiger charge is 2.15. The number of carbonyl (C=O) groups is 1. The minimum atomic E-state index is -0.411. The van der Waals surface area contributed by atoms with Gasteiger partial charge in [-0.15, -0.1) is 0 Å². The van der Waals surface area contributed by atoms with Crippen molar-refractivity contribution in [2.75, 3.05) is 11.9 Å². The van der Waals surface area contributed by atoms with Crippen molar-refractivity contribution in [2.45, 2.75) is 38.7 Å². The van der Waals surface area contributed by atoms with E-state index in [-0.39, 0.29) is 5.91 Å². The Bertz CT molecular complexity index is 431. The lowest BCUT2D eigenvalue weighted by Gasteiger charge is -2.18. The first-order valence-electron chi connectivity index (χ1n) is 6.42. The fourth-order valence-corrected chi connectivity index (χ4v) is 2.06. The molecule has 18 heavy (non-hydrogen) atoms. The van der Waals surface area contributed by atoms with Crippen LogP contribution < -0.4 is 10.1 Å². The lowest BCUT2D eigenvalue weighted by atomic mass is 10.0. The number of aryl methyl sites for hydroxylation is 1. The average molecular weight is 249 g/mol. The molecule has 1 aliphatic rings. The van der Waals surface area contributed by atoms with E-state index in [9.17, 15) is 9.90 Å². The number of fused-ring (bicyclic) bond motifs is 1. The van der Waals surface area contributed by atoms with Gasteiger partial charge in [-0.3, -0.25) is 4.79 Å². The Morgan fingerprint density at radius 2 is 2.28 bits per heavy atom. The van der Waals surface area contributed by atoms with Crippen molar-refractivity contribution < 1.29 is 14.6 Å². The summed E-state index contributed by atoms with van der Waals surface area (Å²) in [5, 5.41) is 12.4. The molecule has 2 rings (SSSR count). The number of hydrogen-bond acceptors (Lipinski definition) is 3. The second kappa shape index (κ2) is 5.87. The van der Waals surface area contributed by atoms with Crippen LogP contribution in [-0.2, 0) is 11.2 Å². The van der Waals surface area contributed by atoms with Gasteiger partial charge >= 0.3 is 0 Å². The number of hydrogen-bond donors (Lipinski definition) is 2. The van der Waals surface area contributed by atoms with E-state index in [1.54, 1.807) is 0 Å². The number of amides is 1. The maximum atomic E-state index is 11.2. The Morgan fingerprint density at radius 3 is 3.06 bits per heavy atom. The Labute approximate surface area is 107 Å². The standard InChI is InChI=1S/C14H19NO3/c1-2-3-11(16)9-18-12-5-6-13-10(8-12)4-7-14(17)15-13/h5-6,8,11,16H,2-4,7,9H2,1H3,(H,15,17). The zero-order valence-corrected chi connectivity index (χ0v) is 10.6. The third kappa shape index (κ3) is 3.23. The molecule has 1 atom stereocenters. The highest BCUT2D eigenvalue weighted by atomic mass is 16.5. The summed E-state index contributed by atoms with van der Waals surface area (Å²) < 4.78 is 5.55. The molecule has 1 heterocycles. The zero-order chi connectivity index (χ0) is 13.0. The largest absolute Gasteiger partial charge is 0.491 e. The summed E-state index contributed by atoms with van der Waals surface area (Å²) in [5.74, 6) is 0.814. The molecule has 1 aliphatic heterocycles. The van der Waals surface area contributed by atoms with Crippen molar-refractivity contribution in [3.63, 3.8) is 0 Å². The SMILES string of the molecule is CCCC(O)COc1ccc2c(c1)CCC(=O)N2.